The molecule has 1 unspecified atom stereocenters. The Kier molecular flexibility index (Phi) is 5.29. The van der Waals surface area contributed by atoms with Crippen molar-refractivity contribution in [1.82, 2.24) is 10.0 Å². The fraction of sp³-hybridized carbons (Fsp3) is 0.0645. The lowest BCUT2D eigenvalue weighted by Crippen LogP contribution is -2.37. The SMILES string of the molecule is O=C(c1ccccc1)[C@H]1[C@H](c2ccccc2C#Cc2ccccc2)N1N1C(=O)c2ccccc2C1=O. The van der Waals surface area contributed by atoms with Crippen LogP contribution in [0.25, 0.3) is 0 Å². The Bertz CT molecular complexity index is 1530. The van der Waals surface area contributed by atoms with Crippen LogP contribution in [-0.4, -0.2) is 33.7 Å². The van der Waals surface area contributed by atoms with Crippen molar-refractivity contribution in [2.45, 2.75) is 12.1 Å². The second-order valence-electron chi connectivity index (χ2n) is 8.67. The molecule has 0 aromatic heterocycles. The predicted octanol–water partition coefficient (Wildman–Crippen LogP) is 4.91. The van der Waals surface area contributed by atoms with E-state index in [1.165, 1.54) is 0 Å². The van der Waals surface area contributed by atoms with Crippen molar-refractivity contribution in [3.63, 3.8) is 0 Å². The van der Waals surface area contributed by atoms with Gasteiger partial charge in [-0.3, -0.25) is 14.4 Å². The highest BCUT2D eigenvalue weighted by Crippen LogP contribution is 2.49. The van der Waals surface area contributed by atoms with Crippen LogP contribution in [0.15, 0.2) is 109 Å². The molecule has 172 valence electrons. The molecule has 2 aliphatic rings. The number of imide groups is 1. The maximum Gasteiger partial charge on any atom is 0.276 e. The number of carbonyl (C=O) groups is 3. The Morgan fingerprint density at radius 3 is 1.86 bits per heavy atom. The minimum atomic E-state index is -0.700. The van der Waals surface area contributed by atoms with Gasteiger partial charge in [0.1, 0.15) is 6.04 Å². The number of rotatable bonds is 4. The first kappa shape index (κ1) is 21.7. The Balaban J connectivity index is 1.42. The van der Waals surface area contributed by atoms with E-state index < -0.39 is 23.9 Å². The van der Waals surface area contributed by atoms with Crippen LogP contribution in [0.3, 0.4) is 0 Å². The first-order valence-corrected chi connectivity index (χ1v) is 11.7. The van der Waals surface area contributed by atoms with Gasteiger partial charge in [-0.1, -0.05) is 90.7 Å². The van der Waals surface area contributed by atoms with E-state index in [9.17, 15) is 14.4 Å². The van der Waals surface area contributed by atoms with Gasteiger partial charge < -0.3 is 0 Å². The quantitative estimate of drug-likeness (QED) is 0.185. The number of hydrogen-bond acceptors (Lipinski definition) is 4. The molecule has 4 aromatic carbocycles. The minimum Gasteiger partial charge on any atom is -0.292 e. The van der Waals surface area contributed by atoms with Crippen LogP contribution in [-0.2, 0) is 0 Å². The number of hydrogen-bond donors (Lipinski definition) is 0. The smallest absolute Gasteiger partial charge is 0.276 e. The fourth-order valence-electron chi connectivity index (χ4n) is 4.73. The van der Waals surface area contributed by atoms with Crippen molar-refractivity contribution in [2.75, 3.05) is 0 Å². The van der Waals surface area contributed by atoms with E-state index in [0.717, 1.165) is 21.7 Å². The Hall–Kier alpha value is -4.79. The number of benzene rings is 4. The molecule has 5 nitrogen and oxygen atoms in total. The highest BCUT2D eigenvalue weighted by atomic mass is 16.2. The van der Waals surface area contributed by atoms with Crippen LogP contribution >= 0.6 is 0 Å². The summed E-state index contributed by atoms with van der Waals surface area (Å²) in [5.41, 5.74) is 3.63. The zero-order chi connectivity index (χ0) is 24.6. The zero-order valence-electron chi connectivity index (χ0n) is 19.2. The number of hydrazine groups is 1. The number of carbonyl (C=O) groups excluding carboxylic acids is 3. The van der Waals surface area contributed by atoms with Crippen molar-refractivity contribution in [2.24, 2.45) is 0 Å². The molecule has 4 aromatic rings. The molecule has 2 amide bonds. The van der Waals surface area contributed by atoms with Crippen molar-refractivity contribution < 1.29 is 14.4 Å². The summed E-state index contributed by atoms with van der Waals surface area (Å²) in [6, 6.07) is 31.7. The van der Waals surface area contributed by atoms with Gasteiger partial charge in [-0.2, -0.15) is 5.01 Å². The highest BCUT2D eigenvalue weighted by molar-refractivity contribution is 6.21. The van der Waals surface area contributed by atoms with Crippen molar-refractivity contribution in [1.29, 1.82) is 0 Å². The van der Waals surface area contributed by atoms with Gasteiger partial charge in [0, 0.05) is 16.7 Å². The van der Waals surface area contributed by atoms with Gasteiger partial charge in [-0.25, -0.2) is 5.01 Å². The molecule has 3 atom stereocenters. The molecule has 2 heterocycles. The van der Waals surface area contributed by atoms with Gasteiger partial charge in [0.25, 0.3) is 11.8 Å². The first-order chi connectivity index (χ1) is 17.6. The summed E-state index contributed by atoms with van der Waals surface area (Å²) in [4.78, 5) is 40.2. The average Bonchev–Trinajstić information content (AvgIpc) is 3.61. The van der Waals surface area contributed by atoms with Crippen LogP contribution in [0.1, 0.15) is 53.8 Å². The molecule has 36 heavy (non-hydrogen) atoms. The van der Waals surface area contributed by atoms with E-state index in [1.807, 2.05) is 60.7 Å². The molecule has 0 saturated carbocycles. The van der Waals surface area contributed by atoms with Gasteiger partial charge in [0.2, 0.25) is 0 Å². The molecule has 0 spiro atoms. The van der Waals surface area contributed by atoms with E-state index in [4.69, 9.17) is 0 Å². The summed E-state index contributed by atoms with van der Waals surface area (Å²) in [5, 5.41) is 2.73. The molecule has 5 heteroatoms. The molecule has 6 rings (SSSR count). The van der Waals surface area contributed by atoms with E-state index in [1.54, 1.807) is 53.5 Å². The maximum absolute atomic E-state index is 13.6. The lowest BCUT2D eigenvalue weighted by Gasteiger charge is -2.16. The molecule has 0 radical (unpaired) electrons. The summed E-state index contributed by atoms with van der Waals surface area (Å²) in [5.74, 6) is 5.41. The summed E-state index contributed by atoms with van der Waals surface area (Å²) >= 11 is 0. The second kappa shape index (κ2) is 8.77. The third-order valence-electron chi connectivity index (χ3n) is 6.50. The number of fused-ring (bicyclic) bond motifs is 1. The predicted molar refractivity (Wildman–Crippen MR) is 135 cm³/mol. The molecule has 1 saturated heterocycles. The number of ketones is 1. The topological polar surface area (TPSA) is 57.5 Å². The third-order valence-corrected chi connectivity index (χ3v) is 6.50. The van der Waals surface area contributed by atoms with Crippen LogP contribution in [0.5, 0.6) is 0 Å². The number of amides is 2. The van der Waals surface area contributed by atoms with Gasteiger partial charge >= 0.3 is 0 Å². The van der Waals surface area contributed by atoms with Crippen LogP contribution in [0, 0.1) is 11.8 Å². The number of nitrogens with zero attached hydrogens (tertiary/aromatic N) is 2. The molecule has 0 bridgehead atoms. The molecular formula is C31H20N2O3. The lowest BCUT2D eigenvalue weighted by molar-refractivity contribution is 0.0342. The first-order valence-electron chi connectivity index (χ1n) is 11.7. The molecule has 1 fully saturated rings. The summed E-state index contributed by atoms with van der Waals surface area (Å²) < 4.78 is 0. The summed E-state index contributed by atoms with van der Waals surface area (Å²) in [6.07, 6.45) is 0. The maximum atomic E-state index is 13.6. The highest BCUT2D eigenvalue weighted by Gasteiger charge is 2.61. The third kappa shape index (κ3) is 3.61. The second-order valence-corrected chi connectivity index (χ2v) is 8.67. The monoisotopic (exact) mass is 468 g/mol. The van der Waals surface area contributed by atoms with E-state index >= 15 is 0 Å². The molecule has 0 aliphatic carbocycles. The standard InChI is InChI=1S/C31H20N2O3/c34-29(23-14-5-2-6-15-23)28-27(32(28)33-30(35)25-17-9-10-18-26(25)31(33)36)24-16-8-7-13-22(24)20-19-21-11-3-1-4-12-21/h1-18,27-28H/t27-,28+,32?/m0/s1. The van der Waals surface area contributed by atoms with Crippen LogP contribution < -0.4 is 0 Å². The van der Waals surface area contributed by atoms with E-state index in [-0.39, 0.29) is 5.78 Å². The summed E-state index contributed by atoms with van der Waals surface area (Å²) in [6.45, 7) is 0. The Morgan fingerprint density at radius 2 is 1.19 bits per heavy atom. The van der Waals surface area contributed by atoms with Gasteiger partial charge in [0.15, 0.2) is 5.78 Å². The van der Waals surface area contributed by atoms with Crippen LogP contribution in [0.2, 0.25) is 0 Å². The molecule has 0 N–H and O–H groups in total. The van der Waals surface area contributed by atoms with Crippen LogP contribution in [0.4, 0.5) is 0 Å². The number of Topliss-reactive ketones (excluding diaryl/α,β-unsaturated/α-hetero) is 1. The summed E-state index contributed by atoms with van der Waals surface area (Å²) in [7, 11) is 0. The van der Waals surface area contributed by atoms with Crippen molar-refractivity contribution in [3.05, 3.63) is 143 Å². The fourth-order valence-corrected chi connectivity index (χ4v) is 4.73. The van der Waals surface area contributed by atoms with Crippen molar-refractivity contribution in [3.8, 4) is 11.8 Å². The Labute approximate surface area is 208 Å². The van der Waals surface area contributed by atoms with Gasteiger partial charge in [-0.05, 0) is 35.9 Å². The van der Waals surface area contributed by atoms with E-state index in [0.29, 0.717) is 16.7 Å². The van der Waals surface area contributed by atoms with Gasteiger partial charge in [0.05, 0.1) is 17.2 Å². The molecule has 2 aliphatic heterocycles. The minimum absolute atomic E-state index is 0.150. The van der Waals surface area contributed by atoms with Gasteiger partial charge in [-0.15, -0.1) is 0 Å². The average molecular weight is 469 g/mol. The van der Waals surface area contributed by atoms with E-state index in [2.05, 4.69) is 11.8 Å². The largest absolute Gasteiger partial charge is 0.292 e. The molecular weight excluding hydrogens is 448 g/mol. The van der Waals surface area contributed by atoms with Crippen molar-refractivity contribution >= 4 is 17.6 Å². The zero-order valence-corrected chi connectivity index (χ0v) is 19.2. The Morgan fingerprint density at radius 1 is 0.639 bits per heavy atom. The normalized spacial score (nSPS) is 19.9. The lowest BCUT2D eigenvalue weighted by atomic mass is 9.99.